The summed E-state index contributed by atoms with van der Waals surface area (Å²) in [5, 5.41) is 0. The second kappa shape index (κ2) is 6.74. The first-order valence-electron chi connectivity index (χ1n) is 6.55. The Morgan fingerprint density at radius 3 is 2.29 bits per heavy atom. The topological polar surface area (TPSA) is 69.1 Å². The average Bonchev–Trinajstić information content (AvgIpc) is 2.50. The van der Waals surface area contributed by atoms with Crippen molar-refractivity contribution in [2.75, 3.05) is 5.75 Å². The Balaban J connectivity index is 2.04. The van der Waals surface area contributed by atoms with Crippen LogP contribution in [0.15, 0.2) is 59.5 Å². The van der Waals surface area contributed by atoms with Crippen LogP contribution in [0.2, 0.25) is 0 Å². The zero-order chi connectivity index (χ0) is 15.3. The minimum atomic E-state index is -1.19. The summed E-state index contributed by atoms with van der Waals surface area (Å²) < 4.78 is 12.8. The smallest absolute Gasteiger partial charge is 0.242 e. The summed E-state index contributed by atoms with van der Waals surface area (Å²) in [7, 11) is 0. The molecule has 0 aliphatic heterocycles. The molecular formula is C16H17FN2OS. The maximum atomic E-state index is 12.8. The van der Waals surface area contributed by atoms with Gasteiger partial charge in [-0.1, -0.05) is 30.3 Å². The van der Waals surface area contributed by atoms with Crippen molar-refractivity contribution in [3.63, 3.8) is 0 Å². The van der Waals surface area contributed by atoms with E-state index in [1.165, 1.54) is 23.9 Å². The van der Waals surface area contributed by atoms with Crippen molar-refractivity contribution in [1.29, 1.82) is 0 Å². The predicted octanol–water partition coefficient (Wildman–Crippen LogP) is 2.65. The monoisotopic (exact) mass is 304 g/mol. The molecule has 0 saturated heterocycles. The van der Waals surface area contributed by atoms with Crippen molar-refractivity contribution in [3.05, 3.63) is 66.0 Å². The zero-order valence-electron chi connectivity index (χ0n) is 11.5. The van der Waals surface area contributed by atoms with E-state index in [2.05, 4.69) is 0 Å². The lowest BCUT2D eigenvalue weighted by molar-refractivity contribution is -0.123. The van der Waals surface area contributed by atoms with Crippen molar-refractivity contribution in [2.45, 2.75) is 16.9 Å². The van der Waals surface area contributed by atoms with Crippen LogP contribution < -0.4 is 11.5 Å². The average molecular weight is 304 g/mol. The van der Waals surface area contributed by atoms with E-state index in [1.54, 1.807) is 24.3 Å². The molecule has 0 aliphatic rings. The Labute approximate surface area is 127 Å². The fraction of sp³-hybridized carbons (Fsp3) is 0.188. The van der Waals surface area contributed by atoms with Crippen LogP contribution in [0.5, 0.6) is 0 Å². The minimum absolute atomic E-state index is 0.269. The number of rotatable bonds is 6. The molecule has 21 heavy (non-hydrogen) atoms. The first-order chi connectivity index (χ1) is 10.0. The van der Waals surface area contributed by atoms with Gasteiger partial charge >= 0.3 is 0 Å². The Morgan fingerprint density at radius 1 is 1.10 bits per heavy atom. The molecule has 0 radical (unpaired) electrons. The number of carbonyl (C=O) groups is 1. The van der Waals surface area contributed by atoms with E-state index in [0.29, 0.717) is 17.7 Å². The highest BCUT2D eigenvalue weighted by Gasteiger charge is 2.33. The van der Waals surface area contributed by atoms with E-state index in [-0.39, 0.29) is 5.82 Å². The fourth-order valence-corrected chi connectivity index (χ4v) is 2.99. The lowest BCUT2D eigenvalue weighted by atomic mass is 9.88. The maximum absolute atomic E-state index is 12.8. The summed E-state index contributed by atoms with van der Waals surface area (Å²) in [4.78, 5) is 12.7. The molecular weight excluding hydrogens is 287 g/mol. The van der Waals surface area contributed by atoms with Gasteiger partial charge in [0.2, 0.25) is 5.91 Å². The van der Waals surface area contributed by atoms with Gasteiger partial charge in [0.05, 0.1) is 0 Å². The normalized spacial score (nSPS) is 13.6. The van der Waals surface area contributed by atoms with Gasteiger partial charge in [0.15, 0.2) is 0 Å². The molecule has 0 saturated carbocycles. The van der Waals surface area contributed by atoms with E-state index in [4.69, 9.17) is 11.5 Å². The van der Waals surface area contributed by atoms with E-state index in [1.807, 2.05) is 18.2 Å². The Hall–Kier alpha value is -1.85. The second-order valence-electron chi connectivity index (χ2n) is 4.75. The number of primary amides is 1. The number of thioether (sulfide) groups is 1. The standard InChI is InChI=1S/C16H17FN2OS/c17-13-6-8-14(9-7-13)21-11-10-16(19,15(18)20)12-4-2-1-3-5-12/h1-9H,10-11,19H2,(H2,18,20). The van der Waals surface area contributed by atoms with Gasteiger partial charge in [-0.25, -0.2) is 4.39 Å². The van der Waals surface area contributed by atoms with Gasteiger partial charge in [0, 0.05) is 10.6 Å². The number of hydrogen-bond acceptors (Lipinski definition) is 3. The third-order valence-corrected chi connectivity index (χ3v) is 4.32. The second-order valence-corrected chi connectivity index (χ2v) is 5.92. The van der Waals surface area contributed by atoms with Crippen molar-refractivity contribution in [1.82, 2.24) is 0 Å². The fourth-order valence-electron chi connectivity index (χ4n) is 2.01. The van der Waals surface area contributed by atoms with Gasteiger partial charge in [0.25, 0.3) is 0 Å². The molecule has 1 amide bonds. The van der Waals surface area contributed by atoms with Crippen molar-refractivity contribution in [2.24, 2.45) is 11.5 Å². The van der Waals surface area contributed by atoms with Crippen LogP contribution in [-0.4, -0.2) is 11.7 Å². The number of amides is 1. The molecule has 1 unspecified atom stereocenters. The minimum Gasteiger partial charge on any atom is -0.368 e. The third-order valence-electron chi connectivity index (χ3n) is 3.31. The molecule has 2 aromatic rings. The van der Waals surface area contributed by atoms with Crippen molar-refractivity contribution in [3.8, 4) is 0 Å². The largest absolute Gasteiger partial charge is 0.368 e. The number of hydrogen-bond donors (Lipinski definition) is 2. The number of carbonyl (C=O) groups excluding carboxylic acids is 1. The molecule has 0 bridgehead atoms. The number of halogens is 1. The molecule has 4 N–H and O–H groups in total. The third kappa shape index (κ3) is 3.83. The molecule has 1 atom stereocenters. The van der Waals surface area contributed by atoms with Crippen molar-refractivity contribution >= 4 is 17.7 Å². The first kappa shape index (κ1) is 15.5. The highest BCUT2D eigenvalue weighted by atomic mass is 32.2. The molecule has 110 valence electrons. The van der Waals surface area contributed by atoms with Gasteiger partial charge in [-0.15, -0.1) is 11.8 Å². The van der Waals surface area contributed by atoms with Crippen LogP contribution in [0.1, 0.15) is 12.0 Å². The first-order valence-corrected chi connectivity index (χ1v) is 7.53. The quantitative estimate of drug-likeness (QED) is 0.806. The highest BCUT2D eigenvalue weighted by molar-refractivity contribution is 7.99. The SMILES string of the molecule is NC(=O)C(N)(CCSc1ccc(F)cc1)c1ccccc1. The van der Waals surface area contributed by atoms with Crippen LogP contribution in [-0.2, 0) is 10.3 Å². The molecule has 2 aromatic carbocycles. The Morgan fingerprint density at radius 2 is 1.71 bits per heavy atom. The predicted molar refractivity (Wildman–Crippen MR) is 83.2 cm³/mol. The summed E-state index contributed by atoms with van der Waals surface area (Å²) in [5.74, 6) is -0.206. The molecule has 3 nitrogen and oxygen atoms in total. The van der Waals surface area contributed by atoms with E-state index in [0.717, 1.165) is 4.90 Å². The molecule has 5 heteroatoms. The van der Waals surface area contributed by atoms with Crippen molar-refractivity contribution < 1.29 is 9.18 Å². The van der Waals surface area contributed by atoms with Gasteiger partial charge in [0.1, 0.15) is 11.4 Å². The highest BCUT2D eigenvalue weighted by Crippen LogP contribution is 2.27. The summed E-state index contributed by atoms with van der Waals surface area (Å²) in [6.07, 6.45) is 0.411. The van der Waals surface area contributed by atoms with E-state index in [9.17, 15) is 9.18 Å². The molecule has 2 rings (SSSR count). The molecule has 0 heterocycles. The van der Waals surface area contributed by atoms with Crippen LogP contribution in [0, 0.1) is 5.82 Å². The lowest BCUT2D eigenvalue weighted by Gasteiger charge is -2.26. The van der Waals surface area contributed by atoms with Gasteiger partial charge in [-0.05, 0) is 36.2 Å². The Kier molecular flexibility index (Phi) is 4.98. The summed E-state index contributed by atoms with van der Waals surface area (Å²) >= 11 is 1.51. The molecule has 0 aliphatic carbocycles. The molecule has 0 fully saturated rings. The van der Waals surface area contributed by atoms with Crippen LogP contribution in [0.25, 0.3) is 0 Å². The van der Waals surface area contributed by atoms with Gasteiger partial charge in [-0.3, -0.25) is 4.79 Å². The van der Waals surface area contributed by atoms with Crippen LogP contribution in [0.3, 0.4) is 0 Å². The maximum Gasteiger partial charge on any atom is 0.242 e. The van der Waals surface area contributed by atoms with Gasteiger partial charge in [-0.2, -0.15) is 0 Å². The lowest BCUT2D eigenvalue weighted by Crippen LogP contribution is -2.49. The van der Waals surface area contributed by atoms with Crippen LogP contribution >= 0.6 is 11.8 Å². The van der Waals surface area contributed by atoms with E-state index < -0.39 is 11.4 Å². The summed E-state index contributed by atoms with van der Waals surface area (Å²) in [5.41, 5.74) is 11.2. The van der Waals surface area contributed by atoms with Crippen LogP contribution in [0.4, 0.5) is 4.39 Å². The zero-order valence-corrected chi connectivity index (χ0v) is 12.3. The summed E-state index contributed by atoms with van der Waals surface area (Å²) in [6, 6.07) is 15.3. The summed E-state index contributed by atoms with van der Waals surface area (Å²) in [6.45, 7) is 0. The molecule has 0 aromatic heterocycles. The van der Waals surface area contributed by atoms with E-state index >= 15 is 0 Å². The number of benzene rings is 2. The Bertz CT molecular complexity index is 603. The molecule has 0 spiro atoms. The van der Waals surface area contributed by atoms with Gasteiger partial charge < -0.3 is 11.5 Å². The number of nitrogens with two attached hydrogens (primary N) is 2.